The third-order valence-corrected chi connectivity index (χ3v) is 5.86. The van der Waals surface area contributed by atoms with E-state index in [4.69, 9.17) is 4.74 Å². The average molecular weight is 347 g/mol. The molecule has 0 aromatic heterocycles. The first-order valence-electron chi connectivity index (χ1n) is 7.55. The van der Waals surface area contributed by atoms with Crippen molar-refractivity contribution in [2.75, 3.05) is 6.54 Å². The van der Waals surface area contributed by atoms with Crippen molar-refractivity contribution in [3.8, 4) is 0 Å². The Bertz CT molecular complexity index is 858. The van der Waals surface area contributed by atoms with Crippen molar-refractivity contribution in [2.24, 2.45) is 0 Å². The summed E-state index contributed by atoms with van der Waals surface area (Å²) in [6, 6.07) is 12.6. The highest BCUT2D eigenvalue weighted by Crippen LogP contribution is 2.30. The van der Waals surface area contributed by atoms with Gasteiger partial charge in [0.25, 0.3) is 10.0 Å². The Kier molecular flexibility index (Phi) is 4.32. The molecular weight excluding hydrogens is 329 g/mol. The fourth-order valence-electron chi connectivity index (χ4n) is 2.56. The Balaban J connectivity index is 1.92. The van der Waals surface area contributed by atoms with E-state index >= 15 is 0 Å². The second-order valence-electron chi connectivity index (χ2n) is 5.78. The summed E-state index contributed by atoms with van der Waals surface area (Å²) < 4.78 is 45.8. The second kappa shape index (κ2) is 6.28. The maximum absolute atomic E-state index is 13.1. The first-order chi connectivity index (χ1) is 11.4. The highest BCUT2D eigenvalue weighted by molar-refractivity contribution is 7.89. The molecule has 1 atom stereocenters. The molecule has 0 fully saturated rings. The summed E-state index contributed by atoms with van der Waals surface area (Å²) >= 11 is 0. The first kappa shape index (κ1) is 16.5. The number of halogens is 1. The van der Waals surface area contributed by atoms with Gasteiger partial charge in [0.2, 0.25) is 0 Å². The van der Waals surface area contributed by atoms with E-state index in [2.05, 4.69) is 0 Å². The quantitative estimate of drug-likeness (QED) is 0.849. The second-order valence-corrected chi connectivity index (χ2v) is 7.65. The SMILES string of the molecule is CC1=COC(c2ccc(F)cc2)CN1S(=O)(=O)c1ccc(C)cc1. The van der Waals surface area contributed by atoms with Gasteiger partial charge < -0.3 is 4.74 Å². The molecule has 0 saturated heterocycles. The zero-order valence-electron chi connectivity index (χ0n) is 13.4. The molecule has 6 heteroatoms. The van der Waals surface area contributed by atoms with E-state index in [1.807, 2.05) is 6.92 Å². The number of sulfonamides is 1. The third-order valence-electron chi connectivity index (χ3n) is 3.98. The van der Waals surface area contributed by atoms with Gasteiger partial charge in [0.1, 0.15) is 18.2 Å². The maximum atomic E-state index is 13.1. The molecule has 0 aliphatic carbocycles. The molecule has 1 aliphatic rings. The lowest BCUT2D eigenvalue weighted by Gasteiger charge is -2.33. The lowest BCUT2D eigenvalue weighted by Crippen LogP contribution is -2.36. The Labute approximate surface area is 141 Å². The van der Waals surface area contributed by atoms with Crippen LogP contribution in [0.3, 0.4) is 0 Å². The smallest absolute Gasteiger partial charge is 0.264 e. The van der Waals surface area contributed by atoms with Crippen molar-refractivity contribution in [3.63, 3.8) is 0 Å². The fraction of sp³-hybridized carbons (Fsp3) is 0.222. The highest BCUT2D eigenvalue weighted by atomic mass is 32.2. The number of nitrogens with zero attached hydrogens (tertiary/aromatic N) is 1. The maximum Gasteiger partial charge on any atom is 0.264 e. The molecule has 3 rings (SSSR count). The van der Waals surface area contributed by atoms with E-state index in [1.165, 1.54) is 22.7 Å². The summed E-state index contributed by atoms with van der Waals surface area (Å²) in [5, 5.41) is 0. The molecular formula is C18H18FNO3S. The van der Waals surface area contributed by atoms with Gasteiger partial charge in [-0.1, -0.05) is 29.8 Å². The molecule has 1 aliphatic heterocycles. The van der Waals surface area contributed by atoms with Crippen molar-refractivity contribution < 1.29 is 17.5 Å². The highest BCUT2D eigenvalue weighted by Gasteiger charge is 2.31. The van der Waals surface area contributed by atoms with Gasteiger partial charge in [-0.05, 0) is 43.7 Å². The number of allylic oxidation sites excluding steroid dienone is 1. The minimum Gasteiger partial charge on any atom is -0.490 e. The number of aryl methyl sites for hydroxylation is 1. The fourth-order valence-corrected chi connectivity index (χ4v) is 4.05. The van der Waals surface area contributed by atoms with Crippen LogP contribution in [0.5, 0.6) is 0 Å². The van der Waals surface area contributed by atoms with Crippen molar-refractivity contribution in [2.45, 2.75) is 24.8 Å². The van der Waals surface area contributed by atoms with Crippen LogP contribution in [-0.2, 0) is 14.8 Å². The van der Waals surface area contributed by atoms with Crippen LogP contribution in [0.25, 0.3) is 0 Å². The van der Waals surface area contributed by atoms with Crippen LogP contribution in [0, 0.1) is 12.7 Å². The summed E-state index contributed by atoms with van der Waals surface area (Å²) in [6.45, 7) is 3.73. The molecule has 4 nitrogen and oxygen atoms in total. The van der Waals surface area contributed by atoms with E-state index in [-0.39, 0.29) is 17.3 Å². The van der Waals surface area contributed by atoms with Crippen LogP contribution >= 0.6 is 0 Å². The predicted octanol–water partition coefficient (Wildman–Crippen LogP) is 3.76. The number of hydrogen-bond donors (Lipinski definition) is 0. The van der Waals surface area contributed by atoms with Crippen molar-refractivity contribution >= 4 is 10.0 Å². The van der Waals surface area contributed by atoms with Gasteiger partial charge in [-0.3, -0.25) is 4.31 Å². The summed E-state index contributed by atoms with van der Waals surface area (Å²) in [6.07, 6.45) is 0.957. The number of hydrogen-bond acceptors (Lipinski definition) is 3. The van der Waals surface area contributed by atoms with Crippen LogP contribution in [0.4, 0.5) is 4.39 Å². The largest absolute Gasteiger partial charge is 0.490 e. The van der Waals surface area contributed by atoms with E-state index in [1.54, 1.807) is 43.3 Å². The van der Waals surface area contributed by atoms with Gasteiger partial charge in [0.15, 0.2) is 0 Å². The number of ether oxygens (including phenoxy) is 1. The number of benzene rings is 2. The lowest BCUT2D eigenvalue weighted by atomic mass is 10.1. The zero-order chi connectivity index (χ0) is 17.3. The Morgan fingerprint density at radius 1 is 1.04 bits per heavy atom. The van der Waals surface area contributed by atoms with Gasteiger partial charge in [0.05, 0.1) is 17.1 Å². The average Bonchev–Trinajstić information content (AvgIpc) is 2.56. The minimum atomic E-state index is -3.67. The molecule has 0 amide bonds. The van der Waals surface area contributed by atoms with E-state index in [0.717, 1.165) is 11.1 Å². The van der Waals surface area contributed by atoms with E-state index in [0.29, 0.717) is 5.70 Å². The predicted molar refractivity (Wildman–Crippen MR) is 89.1 cm³/mol. The zero-order valence-corrected chi connectivity index (χ0v) is 14.3. The van der Waals surface area contributed by atoms with Gasteiger partial charge in [0, 0.05) is 0 Å². The monoisotopic (exact) mass is 347 g/mol. The molecule has 0 radical (unpaired) electrons. The molecule has 0 N–H and O–H groups in total. The van der Waals surface area contributed by atoms with E-state index < -0.39 is 16.1 Å². The van der Waals surface area contributed by atoms with Crippen LogP contribution in [0.15, 0.2) is 65.4 Å². The summed E-state index contributed by atoms with van der Waals surface area (Å²) in [5.74, 6) is -0.342. The topological polar surface area (TPSA) is 46.6 Å². The molecule has 0 saturated carbocycles. The van der Waals surface area contributed by atoms with Gasteiger partial charge in [-0.15, -0.1) is 0 Å². The Morgan fingerprint density at radius 3 is 2.29 bits per heavy atom. The minimum absolute atomic E-state index is 0.143. The van der Waals surface area contributed by atoms with Gasteiger partial charge in [-0.25, -0.2) is 12.8 Å². The van der Waals surface area contributed by atoms with Crippen molar-refractivity contribution in [1.29, 1.82) is 0 Å². The standard InChI is InChI=1S/C18H18FNO3S/c1-13-3-9-17(10-4-13)24(21,22)20-11-18(23-12-14(20)2)15-5-7-16(19)8-6-15/h3-10,12,18H,11H2,1-2H3. The lowest BCUT2D eigenvalue weighted by molar-refractivity contribution is 0.101. The van der Waals surface area contributed by atoms with Gasteiger partial charge in [-0.2, -0.15) is 0 Å². The molecule has 1 heterocycles. The van der Waals surface area contributed by atoms with Crippen LogP contribution < -0.4 is 0 Å². The van der Waals surface area contributed by atoms with Crippen LogP contribution in [-0.4, -0.2) is 19.3 Å². The molecule has 24 heavy (non-hydrogen) atoms. The number of rotatable bonds is 3. The Morgan fingerprint density at radius 2 is 1.67 bits per heavy atom. The van der Waals surface area contributed by atoms with Crippen molar-refractivity contribution in [3.05, 3.63) is 77.4 Å². The summed E-state index contributed by atoms with van der Waals surface area (Å²) in [7, 11) is -3.67. The Hall–Kier alpha value is -2.34. The van der Waals surface area contributed by atoms with Crippen molar-refractivity contribution in [1.82, 2.24) is 4.31 Å². The third kappa shape index (κ3) is 3.14. The molecule has 0 spiro atoms. The molecule has 2 aromatic rings. The summed E-state index contributed by atoms with van der Waals surface area (Å²) in [4.78, 5) is 0.237. The van der Waals surface area contributed by atoms with Gasteiger partial charge >= 0.3 is 0 Å². The van der Waals surface area contributed by atoms with Crippen LogP contribution in [0.1, 0.15) is 24.2 Å². The molecule has 126 valence electrons. The first-order valence-corrected chi connectivity index (χ1v) is 8.99. The summed E-state index contributed by atoms with van der Waals surface area (Å²) in [5.41, 5.74) is 2.23. The molecule has 1 unspecified atom stereocenters. The van der Waals surface area contributed by atoms with Crippen LogP contribution in [0.2, 0.25) is 0 Å². The van der Waals surface area contributed by atoms with E-state index in [9.17, 15) is 12.8 Å². The normalized spacial score (nSPS) is 18.0. The molecule has 2 aromatic carbocycles. The molecule has 0 bridgehead atoms.